The number of nitrogens with one attached hydrogen (secondary N) is 1. The third-order valence-corrected chi connectivity index (χ3v) is 2.80. The molecular weight excluding hydrogens is 212 g/mol. The molecule has 2 heterocycles. The Labute approximate surface area is 94.7 Å². The van der Waals surface area contributed by atoms with E-state index in [2.05, 4.69) is 20.2 Å². The van der Waals surface area contributed by atoms with Gasteiger partial charge in [-0.2, -0.15) is 0 Å². The number of nitrogens with zero attached hydrogens (tertiary/aromatic N) is 3. The van der Waals surface area contributed by atoms with Crippen molar-refractivity contribution >= 4 is 17.5 Å². The normalized spacial score (nSPS) is 20.5. The van der Waals surface area contributed by atoms with Gasteiger partial charge in [-0.25, -0.2) is 9.97 Å². The first-order chi connectivity index (χ1) is 7.25. The van der Waals surface area contributed by atoms with E-state index in [0.29, 0.717) is 11.1 Å². The van der Waals surface area contributed by atoms with Crippen LogP contribution in [0, 0.1) is 0 Å². The van der Waals surface area contributed by atoms with Gasteiger partial charge in [0.2, 0.25) is 5.95 Å². The Kier molecular flexibility index (Phi) is 3.38. The molecule has 2 rings (SSSR count). The molecule has 4 nitrogen and oxygen atoms in total. The summed E-state index contributed by atoms with van der Waals surface area (Å²) >= 11 is 5.73. The molecule has 5 heteroatoms. The Bertz CT molecular complexity index is 308. The second-order valence-electron chi connectivity index (χ2n) is 3.88. The van der Waals surface area contributed by atoms with E-state index in [1.54, 1.807) is 12.4 Å². The summed E-state index contributed by atoms with van der Waals surface area (Å²) in [4.78, 5) is 10.4. The second-order valence-corrected chi connectivity index (χ2v) is 4.31. The van der Waals surface area contributed by atoms with Crippen molar-refractivity contribution in [3.8, 4) is 0 Å². The van der Waals surface area contributed by atoms with Gasteiger partial charge in [0, 0.05) is 19.6 Å². The van der Waals surface area contributed by atoms with Crippen LogP contribution in [0.4, 0.5) is 5.95 Å². The zero-order valence-corrected chi connectivity index (χ0v) is 9.54. The van der Waals surface area contributed by atoms with Gasteiger partial charge in [0.1, 0.15) is 0 Å². The predicted octanol–water partition coefficient (Wildman–Crippen LogP) is 1.32. The third kappa shape index (κ3) is 2.79. The SMILES string of the molecule is CN(C[C@@H]1CCCN1)c1ncc(Cl)cn1. The lowest BCUT2D eigenvalue weighted by atomic mass is 10.2. The maximum atomic E-state index is 5.73. The Morgan fingerprint density at radius 2 is 2.27 bits per heavy atom. The molecule has 15 heavy (non-hydrogen) atoms. The topological polar surface area (TPSA) is 41.0 Å². The van der Waals surface area contributed by atoms with Crippen LogP contribution in [-0.2, 0) is 0 Å². The summed E-state index contributed by atoms with van der Waals surface area (Å²) < 4.78 is 0. The minimum Gasteiger partial charge on any atom is -0.342 e. The minimum atomic E-state index is 0.564. The molecule has 1 aromatic heterocycles. The molecule has 1 atom stereocenters. The summed E-state index contributed by atoms with van der Waals surface area (Å²) in [5.41, 5.74) is 0. The zero-order valence-electron chi connectivity index (χ0n) is 8.78. The van der Waals surface area contributed by atoms with Crippen molar-refractivity contribution < 1.29 is 0 Å². The Morgan fingerprint density at radius 1 is 1.53 bits per heavy atom. The molecule has 1 aliphatic heterocycles. The largest absolute Gasteiger partial charge is 0.342 e. The lowest BCUT2D eigenvalue weighted by Crippen LogP contribution is -2.36. The van der Waals surface area contributed by atoms with Crippen LogP contribution >= 0.6 is 11.6 Å². The molecule has 1 aromatic rings. The monoisotopic (exact) mass is 226 g/mol. The highest BCUT2D eigenvalue weighted by Crippen LogP contribution is 2.11. The zero-order chi connectivity index (χ0) is 10.7. The maximum Gasteiger partial charge on any atom is 0.225 e. The van der Waals surface area contributed by atoms with E-state index in [-0.39, 0.29) is 0 Å². The third-order valence-electron chi connectivity index (χ3n) is 2.60. The standard InChI is InChI=1S/C10H15ClN4/c1-15(7-9-3-2-4-12-9)10-13-5-8(11)6-14-10/h5-6,9,12H,2-4,7H2,1H3/t9-/m0/s1. The fraction of sp³-hybridized carbons (Fsp3) is 0.600. The number of rotatable bonds is 3. The van der Waals surface area contributed by atoms with E-state index in [1.807, 2.05) is 7.05 Å². The quantitative estimate of drug-likeness (QED) is 0.844. The van der Waals surface area contributed by atoms with E-state index in [4.69, 9.17) is 11.6 Å². The summed E-state index contributed by atoms with van der Waals surface area (Å²) in [5.74, 6) is 0.730. The summed E-state index contributed by atoms with van der Waals surface area (Å²) in [6.07, 6.45) is 5.75. The first-order valence-corrected chi connectivity index (χ1v) is 5.55. The van der Waals surface area contributed by atoms with Crippen molar-refractivity contribution in [2.24, 2.45) is 0 Å². The summed E-state index contributed by atoms with van der Waals surface area (Å²) in [5, 5.41) is 4.02. The molecule has 1 aliphatic rings. The van der Waals surface area contributed by atoms with E-state index in [0.717, 1.165) is 19.0 Å². The van der Waals surface area contributed by atoms with Gasteiger partial charge in [0.25, 0.3) is 0 Å². The van der Waals surface area contributed by atoms with E-state index < -0.39 is 0 Å². The Hall–Kier alpha value is -0.870. The Balaban J connectivity index is 1.94. The van der Waals surface area contributed by atoms with Gasteiger partial charge in [0.15, 0.2) is 0 Å². The average molecular weight is 227 g/mol. The van der Waals surface area contributed by atoms with Crippen molar-refractivity contribution in [3.05, 3.63) is 17.4 Å². The van der Waals surface area contributed by atoms with Crippen molar-refractivity contribution in [2.45, 2.75) is 18.9 Å². The van der Waals surface area contributed by atoms with Crippen molar-refractivity contribution in [1.29, 1.82) is 0 Å². The molecule has 1 saturated heterocycles. The Morgan fingerprint density at radius 3 is 2.87 bits per heavy atom. The highest BCUT2D eigenvalue weighted by molar-refractivity contribution is 6.30. The number of halogens is 1. The van der Waals surface area contributed by atoms with Crippen LogP contribution in [0.25, 0.3) is 0 Å². The molecule has 0 amide bonds. The van der Waals surface area contributed by atoms with E-state index in [9.17, 15) is 0 Å². The molecule has 0 saturated carbocycles. The van der Waals surface area contributed by atoms with Crippen molar-refractivity contribution in [3.63, 3.8) is 0 Å². The average Bonchev–Trinajstić information content (AvgIpc) is 2.71. The van der Waals surface area contributed by atoms with Gasteiger partial charge < -0.3 is 10.2 Å². The van der Waals surface area contributed by atoms with Crippen molar-refractivity contribution in [2.75, 3.05) is 25.0 Å². The number of aromatic nitrogens is 2. The molecule has 0 unspecified atom stereocenters. The van der Waals surface area contributed by atoms with E-state index in [1.165, 1.54) is 12.8 Å². The van der Waals surface area contributed by atoms with Crippen LogP contribution in [-0.4, -0.2) is 36.1 Å². The van der Waals surface area contributed by atoms with Crippen LogP contribution in [0.3, 0.4) is 0 Å². The first kappa shape index (κ1) is 10.6. The number of likely N-dealkylation sites (N-methyl/N-ethyl adjacent to an activating group) is 1. The molecule has 0 aliphatic carbocycles. The molecule has 82 valence electrons. The van der Waals surface area contributed by atoms with Crippen molar-refractivity contribution in [1.82, 2.24) is 15.3 Å². The number of hydrogen-bond donors (Lipinski definition) is 1. The molecule has 1 N–H and O–H groups in total. The van der Waals surface area contributed by atoms with Gasteiger partial charge in [-0.3, -0.25) is 0 Å². The lowest BCUT2D eigenvalue weighted by Gasteiger charge is -2.20. The molecule has 1 fully saturated rings. The number of anilines is 1. The first-order valence-electron chi connectivity index (χ1n) is 5.18. The summed E-state index contributed by atoms with van der Waals surface area (Å²) in [6.45, 7) is 2.07. The van der Waals surface area contributed by atoms with Crippen LogP contribution in [0.15, 0.2) is 12.4 Å². The fourth-order valence-corrected chi connectivity index (χ4v) is 1.92. The van der Waals surface area contributed by atoms with E-state index >= 15 is 0 Å². The highest BCUT2D eigenvalue weighted by atomic mass is 35.5. The maximum absolute atomic E-state index is 5.73. The lowest BCUT2D eigenvalue weighted by molar-refractivity contribution is 0.594. The van der Waals surface area contributed by atoms with Gasteiger partial charge in [-0.15, -0.1) is 0 Å². The molecule has 0 radical (unpaired) electrons. The predicted molar refractivity (Wildman–Crippen MR) is 61.3 cm³/mol. The van der Waals surface area contributed by atoms with Crippen LogP contribution < -0.4 is 10.2 Å². The minimum absolute atomic E-state index is 0.564. The fourth-order valence-electron chi connectivity index (χ4n) is 1.83. The summed E-state index contributed by atoms with van der Waals surface area (Å²) in [7, 11) is 2.00. The second kappa shape index (κ2) is 4.77. The molecule has 0 aromatic carbocycles. The number of hydrogen-bond acceptors (Lipinski definition) is 4. The van der Waals surface area contributed by atoms with Crippen LogP contribution in [0.5, 0.6) is 0 Å². The van der Waals surface area contributed by atoms with Gasteiger partial charge in [-0.1, -0.05) is 11.6 Å². The van der Waals surface area contributed by atoms with Crippen LogP contribution in [0.2, 0.25) is 5.02 Å². The summed E-state index contributed by atoms with van der Waals surface area (Å²) in [6, 6.07) is 0.564. The van der Waals surface area contributed by atoms with Gasteiger partial charge >= 0.3 is 0 Å². The molecule has 0 bridgehead atoms. The van der Waals surface area contributed by atoms with Gasteiger partial charge in [-0.05, 0) is 19.4 Å². The smallest absolute Gasteiger partial charge is 0.225 e. The molecular formula is C10H15ClN4. The van der Waals surface area contributed by atoms with Crippen LogP contribution in [0.1, 0.15) is 12.8 Å². The van der Waals surface area contributed by atoms with Gasteiger partial charge in [0.05, 0.1) is 17.4 Å². The molecule has 0 spiro atoms. The highest BCUT2D eigenvalue weighted by Gasteiger charge is 2.16.